The number of carbonyl (C=O) groups excluding carboxylic acids is 1. The standard InChI is InChI=1S/C17H26NOP/c1-4-15-16(12(3)19)8-13(9-17(15)20)10-18-11(2)14-6-5-7-14/h8-9,11,14,18H,4-7,10,20H2,1-3H3. The maximum Gasteiger partial charge on any atom is 0.160 e. The molecule has 3 heteroatoms. The van der Waals surface area contributed by atoms with Crippen molar-refractivity contribution in [3.63, 3.8) is 0 Å². The topological polar surface area (TPSA) is 29.1 Å². The second kappa shape index (κ2) is 6.83. The first-order valence-electron chi connectivity index (χ1n) is 7.68. The molecule has 1 N–H and O–H groups in total. The second-order valence-corrected chi connectivity index (χ2v) is 6.60. The third-order valence-electron chi connectivity index (χ3n) is 4.56. The van der Waals surface area contributed by atoms with Gasteiger partial charge in [-0.1, -0.05) is 19.4 Å². The number of rotatable bonds is 6. The minimum atomic E-state index is 0.166. The van der Waals surface area contributed by atoms with Crippen molar-refractivity contribution in [2.45, 2.75) is 59.0 Å². The first kappa shape index (κ1) is 15.7. The van der Waals surface area contributed by atoms with E-state index in [2.05, 4.69) is 40.5 Å². The normalized spacial score (nSPS) is 16.8. The van der Waals surface area contributed by atoms with Gasteiger partial charge in [0.1, 0.15) is 0 Å². The molecule has 20 heavy (non-hydrogen) atoms. The molecule has 1 fully saturated rings. The quantitative estimate of drug-likeness (QED) is 0.644. The maximum atomic E-state index is 11.8. The van der Waals surface area contributed by atoms with Crippen molar-refractivity contribution >= 4 is 20.3 Å². The number of hydrogen-bond donors (Lipinski definition) is 1. The molecule has 110 valence electrons. The fourth-order valence-corrected chi connectivity index (χ4v) is 3.53. The lowest BCUT2D eigenvalue weighted by atomic mass is 9.80. The summed E-state index contributed by atoms with van der Waals surface area (Å²) in [6.45, 7) is 6.89. The van der Waals surface area contributed by atoms with Gasteiger partial charge in [0.25, 0.3) is 0 Å². The van der Waals surface area contributed by atoms with Gasteiger partial charge in [-0.2, -0.15) is 0 Å². The minimum absolute atomic E-state index is 0.166. The number of Topliss-reactive ketones (excluding diaryl/α,β-unsaturated/α-hetero) is 1. The summed E-state index contributed by atoms with van der Waals surface area (Å²) in [5, 5.41) is 4.77. The van der Waals surface area contributed by atoms with E-state index in [-0.39, 0.29) is 5.78 Å². The fourth-order valence-electron chi connectivity index (χ4n) is 2.95. The number of carbonyl (C=O) groups is 1. The van der Waals surface area contributed by atoms with Crippen LogP contribution in [0.1, 0.15) is 61.5 Å². The molecular formula is C17H26NOP. The van der Waals surface area contributed by atoms with Crippen molar-refractivity contribution in [1.29, 1.82) is 0 Å². The number of ketones is 1. The lowest BCUT2D eigenvalue weighted by molar-refractivity contribution is 0.101. The Morgan fingerprint density at radius 1 is 1.45 bits per heavy atom. The van der Waals surface area contributed by atoms with Gasteiger partial charge in [0.05, 0.1) is 0 Å². The molecule has 0 heterocycles. The predicted molar refractivity (Wildman–Crippen MR) is 88.8 cm³/mol. The molecule has 2 nitrogen and oxygen atoms in total. The average Bonchev–Trinajstić information content (AvgIpc) is 2.33. The summed E-state index contributed by atoms with van der Waals surface area (Å²) in [5.74, 6) is 1.01. The van der Waals surface area contributed by atoms with E-state index < -0.39 is 0 Å². The molecule has 1 aromatic carbocycles. The molecule has 1 saturated carbocycles. The molecule has 0 aromatic heterocycles. The maximum absolute atomic E-state index is 11.8. The number of benzene rings is 1. The molecule has 0 saturated heterocycles. The molecule has 2 rings (SSSR count). The van der Waals surface area contributed by atoms with Crippen LogP contribution < -0.4 is 10.6 Å². The third-order valence-corrected chi connectivity index (χ3v) is 5.08. The molecule has 2 unspecified atom stereocenters. The predicted octanol–water partition coefficient (Wildman–Crippen LogP) is 3.23. The zero-order chi connectivity index (χ0) is 14.7. The highest BCUT2D eigenvalue weighted by Crippen LogP contribution is 2.29. The molecule has 0 radical (unpaired) electrons. The van der Waals surface area contributed by atoms with Crippen LogP contribution in [0.15, 0.2) is 12.1 Å². The van der Waals surface area contributed by atoms with Crippen LogP contribution in [0.25, 0.3) is 0 Å². The van der Waals surface area contributed by atoms with Gasteiger partial charge in [-0.3, -0.25) is 4.79 Å². The Hall–Kier alpha value is -0.720. The van der Waals surface area contributed by atoms with E-state index in [4.69, 9.17) is 0 Å². The molecule has 1 aromatic rings. The van der Waals surface area contributed by atoms with Gasteiger partial charge in [-0.25, -0.2) is 0 Å². The van der Waals surface area contributed by atoms with Gasteiger partial charge in [0, 0.05) is 18.2 Å². The van der Waals surface area contributed by atoms with E-state index in [0.29, 0.717) is 6.04 Å². The zero-order valence-corrected chi connectivity index (χ0v) is 14.0. The van der Waals surface area contributed by atoms with Crippen molar-refractivity contribution in [2.24, 2.45) is 5.92 Å². The molecule has 1 aliphatic carbocycles. The first-order chi connectivity index (χ1) is 9.52. The van der Waals surface area contributed by atoms with Gasteiger partial charge in [0.15, 0.2) is 5.78 Å². The Balaban J connectivity index is 2.09. The first-order valence-corrected chi connectivity index (χ1v) is 8.26. The van der Waals surface area contributed by atoms with E-state index in [1.807, 2.05) is 0 Å². The summed E-state index contributed by atoms with van der Waals surface area (Å²) in [5.41, 5.74) is 3.26. The van der Waals surface area contributed by atoms with Gasteiger partial charge in [0.2, 0.25) is 0 Å². The summed E-state index contributed by atoms with van der Waals surface area (Å²) in [4.78, 5) is 11.8. The van der Waals surface area contributed by atoms with Crippen LogP contribution in [0.4, 0.5) is 0 Å². The molecule has 0 amide bonds. The molecule has 2 atom stereocenters. The smallest absolute Gasteiger partial charge is 0.160 e. The summed E-state index contributed by atoms with van der Waals surface area (Å²) in [6, 6.07) is 4.83. The monoisotopic (exact) mass is 291 g/mol. The Kier molecular flexibility index (Phi) is 5.35. The number of hydrogen-bond acceptors (Lipinski definition) is 2. The highest BCUT2D eigenvalue weighted by Gasteiger charge is 2.23. The highest BCUT2D eigenvalue weighted by atomic mass is 31.0. The lowest BCUT2D eigenvalue weighted by Gasteiger charge is -2.32. The van der Waals surface area contributed by atoms with Gasteiger partial charge in [-0.05, 0) is 61.5 Å². The van der Waals surface area contributed by atoms with Gasteiger partial charge >= 0.3 is 0 Å². The van der Waals surface area contributed by atoms with Crippen LogP contribution in [0.3, 0.4) is 0 Å². The Morgan fingerprint density at radius 2 is 2.15 bits per heavy atom. The Bertz CT molecular complexity index is 494. The highest BCUT2D eigenvalue weighted by molar-refractivity contribution is 7.27. The van der Waals surface area contributed by atoms with Crippen LogP contribution in [-0.2, 0) is 13.0 Å². The van der Waals surface area contributed by atoms with Crippen LogP contribution >= 0.6 is 9.24 Å². The van der Waals surface area contributed by atoms with E-state index in [1.54, 1.807) is 6.92 Å². The van der Waals surface area contributed by atoms with E-state index in [0.717, 1.165) is 29.8 Å². The second-order valence-electron chi connectivity index (χ2n) is 5.98. The largest absolute Gasteiger partial charge is 0.310 e. The minimum Gasteiger partial charge on any atom is -0.310 e. The zero-order valence-electron chi connectivity index (χ0n) is 12.8. The van der Waals surface area contributed by atoms with Crippen LogP contribution in [0.5, 0.6) is 0 Å². The van der Waals surface area contributed by atoms with Crippen molar-refractivity contribution in [3.8, 4) is 0 Å². The van der Waals surface area contributed by atoms with Crippen molar-refractivity contribution < 1.29 is 4.79 Å². The van der Waals surface area contributed by atoms with Crippen LogP contribution in [0.2, 0.25) is 0 Å². The fraction of sp³-hybridized carbons (Fsp3) is 0.588. The summed E-state index contributed by atoms with van der Waals surface area (Å²) in [7, 11) is 2.78. The summed E-state index contributed by atoms with van der Waals surface area (Å²) in [6.07, 6.45) is 5.00. The van der Waals surface area contributed by atoms with E-state index >= 15 is 0 Å². The van der Waals surface area contributed by atoms with Crippen molar-refractivity contribution in [1.82, 2.24) is 5.32 Å². The molecule has 0 bridgehead atoms. The van der Waals surface area contributed by atoms with Gasteiger partial charge < -0.3 is 5.32 Å². The lowest BCUT2D eigenvalue weighted by Crippen LogP contribution is -2.36. The van der Waals surface area contributed by atoms with Crippen LogP contribution in [0, 0.1) is 5.92 Å². The summed E-state index contributed by atoms with van der Waals surface area (Å²) < 4.78 is 0. The van der Waals surface area contributed by atoms with E-state index in [1.165, 1.54) is 30.4 Å². The molecule has 0 spiro atoms. The van der Waals surface area contributed by atoms with Crippen LogP contribution in [-0.4, -0.2) is 11.8 Å². The van der Waals surface area contributed by atoms with Crippen molar-refractivity contribution in [2.75, 3.05) is 0 Å². The Labute approximate surface area is 124 Å². The molecule has 0 aliphatic heterocycles. The molecule has 1 aliphatic rings. The summed E-state index contributed by atoms with van der Waals surface area (Å²) >= 11 is 0. The average molecular weight is 291 g/mol. The third kappa shape index (κ3) is 3.48. The Morgan fingerprint density at radius 3 is 2.65 bits per heavy atom. The van der Waals surface area contributed by atoms with E-state index in [9.17, 15) is 4.79 Å². The number of nitrogens with one attached hydrogen (secondary N) is 1. The molecular weight excluding hydrogens is 265 g/mol. The van der Waals surface area contributed by atoms with Gasteiger partial charge in [-0.15, -0.1) is 9.24 Å². The van der Waals surface area contributed by atoms with Crippen molar-refractivity contribution in [3.05, 3.63) is 28.8 Å². The SMILES string of the molecule is CCc1c(P)cc(CNC(C)C2CCC2)cc1C(C)=O.